The van der Waals surface area contributed by atoms with E-state index in [1.807, 2.05) is 18.2 Å². The van der Waals surface area contributed by atoms with Gasteiger partial charge >= 0.3 is 0 Å². The van der Waals surface area contributed by atoms with Crippen LogP contribution in [0.4, 0.5) is 11.4 Å². The predicted octanol–water partition coefficient (Wildman–Crippen LogP) is 2.29. The van der Waals surface area contributed by atoms with Crippen molar-refractivity contribution >= 4 is 22.3 Å². The van der Waals surface area contributed by atoms with E-state index in [4.69, 9.17) is 10.5 Å². The first kappa shape index (κ1) is 12.2. The number of anilines is 2. The molecule has 1 aromatic carbocycles. The highest BCUT2D eigenvalue weighted by atomic mass is 16.5. The van der Waals surface area contributed by atoms with Crippen LogP contribution in [0.25, 0.3) is 10.9 Å². The lowest BCUT2D eigenvalue weighted by Crippen LogP contribution is -2.22. The van der Waals surface area contributed by atoms with Gasteiger partial charge in [0, 0.05) is 31.5 Å². The maximum Gasteiger partial charge on any atom is 0.0745 e. The van der Waals surface area contributed by atoms with Crippen molar-refractivity contribution < 1.29 is 4.74 Å². The summed E-state index contributed by atoms with van der Waals surface area (Å²) in [5.41, 5.74) is 9.04. The molecule has 2 aromatic rings. The molecule has 0 aliphatic carbocycles. The smallest absolute Gasteiger partial charge is 0.0745 e. The molecule has 4 nitrogen and oxygen atoms in total. The maximum absolute atomic E-state index is 6.15. The number of hydrogen-bond donors (Lipinski definition) is 1. The number of aromatic nitrogens is 1. The molecule has 0 saturated carbocycles. The third kappa shape index (κ3) is 2.24. The van der Waals surface area contributed by atoms with Crippen molar-refractivity contribution in [1.29, 1.82) is 0 Å². The van der Waals surface area contributed by atoms with Gasteiger partial charge in [0.15, 0.2) is 0 Å². The van der Waals surface area contributed by atoms with Crippen molar-refractivity contribution in [3.05, 3.63) is 30.5 Å². The number of nitrogen functional groups attached to an aromatic ring is 1. The molecule has 1 aliphatic rings. The highest BCUT2D eigenvalue weighted by Gasteiger charge is 2.25. The summed E-state index contributed by atoms with van der Waals surface area (Å²) in [7, 11) is 1.76. The minimum atomic E-state index is 0.594. The summed E-state index contributed by atoms with van der Waals surface area (Å²) < 4.78 is 5.26. The van der Waals surface area contributed by atoms with E-state index in [1.54, 1.807) is 13.3 Å². The van der Waals surface area contributed by atoms with Crippen LogP contribution < -0.4 is 10.6 Å². The number of rotatable bonds is 3. The van der Waals surface area contributed by atoms with Gasteiger partial charge in [-0.2, -0.15) is 0 Å². The number of nitrogens with two attached hydrogens (primary N) is 1. The SMILES string of the molecule is COCC1CCN(c2c(N)cnc3ccccc23)C1. The van der Waals surface area contributed by atoms with Gasteiger partial charge in [-0.05, 0) is 12.5 Å². The molecule has 0 bridgehead atoms. The van der Waals surface area contributed by atoms with E-state index in [2.05, 4.69) is 16.0 Å². The highest BCUT2D eigenvalue weighted by Crippen LogP contribution is 2.34. The van der Waals surface area contributed by atoms with Crippen LogP contribution in [-0.2, 0) is 4.74 Å². The lowest BCUT2D eigenvalue weighted by molar-refractivity contribution is 0.161. The summed E-state index contributed by atoms with van der Waals surface area (Å²) in [6.07, 6.45) is 2.92. The van der Waals surface area contributed by atoms with Crippen LogP contribution in [0.15, 0.2) is 30.5 Å². The zero-order chi connectivity index (χ0) is 13.2. The van der Waals surface area contributed by atoms with Gasteiger partial charge in [0.25, 0.3) is 0 Å². The van der Waals surface area contributed by atoms with E-state index in [0.717, 1.165) is 48.4 Å². The van der Waals surface area contributed by atoms with Crippen molar-refractivity contribution in [1.82, 2.24) is 4.98 Å². The van der Waals surface area contributed by atoms with Gasteiger partial charge in [-0.15, -0.1) is 0 Å². The first-order valence-electron chi connectivity index (χ1n) is 6.66. The fourth-order valence-corrected chi connectivity index (χ4v) is 2.90. The first-order chi connectivity index (χ1) is 9.29. The number of nitrogens with zero attached hydrogens (tertiary/aromatic N) is 2. The van der Waals surface area contributed by atoms with E-state index < -0.39 is 0 Å². The molecule has 19 heavy (non-hydrogen) atoms. The number of hydrogen-bond acceptors (Lipinski definition) is 4. The quantitative estimate of drug-likeness (QED) is 0.916. The van der Waals surface area contributed by atoms with Gasteiger partial charge in [-0.3, -0.25) is 4.98 Å². The highest BCUT2D eigenvalue weighted by molar-refractivity contribution is 5.97. The largest absolute Gasteiger partial charge is 0.396 e. The molecule has 4 heteroatoms. The van der Waals surface area contributed by atoms with Gasteiger partial charge in [0.2, 0.25) is 0 Å². The second-order valence-electron chi connectivity index (χ2n) is 5.14. The van der Waals surface area contributed by atoms with Crippen LogP contribution in [0.3, 0.4) is 0 Å². The van der Waals surface area contributed by atoms with Crippen LogP contribution in [-0.4, -0.2) is 31.8 Å². The Morgan fingerprint density at radius 2 is 2.26 bits per heavy atom. The van der Waals surface area contributed by atoms with Gasteiger partial charge in [0.1, 0.15) is 0 Å². The van der Waals surface area contributed by atoms with Crippen LogP contribution in [0, 0.1) is 5.92 Å². The molecule has 3 rings (SSSR count). The van der Waals surface area contributed by atoms with Crippen molar-refractivity contribution in [2.75, 3.05) is 37.4 Å². The number of fused-ring (bicyclic) bond motifs is 1. The summed E-state index contributed by atoms with van der Waals surface area (Å²) in [6.45, 7) is 2.86. The van der Waals surface area contributed by atoms with Gasteiger partial charge in [0.05, 0.1) is 29.7 Å². The van der Waals surface area contributed by atoms with Crippen molar-refractivity contribution in [3.8, 4) is 0 Å². The Hall–Kier alpha value is -1.81. The third-order valence-electron chi connectivity index (χ3n) is 3.78. The maximum atomic E-state index is 6.15. The van der Waals surface area contributed by atoms with Crippen molar-refractivity contribution in [2.24, 2.45) is 5.92 Å². The second-order valence-corrected chi connectivity index (χ2v) is 5.14. The molecule has 0 amide bonds. The molecule has 1 unspecified atom stereocenters. The fraction of sp³-hybridized carbons (Fsp3) is 0.400. The summed E-state index contributed by atoms with van der Waals surface area (Å²) in [5.74, 6) is 0.594. The van der Waals surface area contributed by atoms with E-state index in [1.165, 1.54) is 0 Å². The summed E-state index contributed by atoms with van der Waals surface area (Å²) in [4.78, 5) is 6.76. The topological polar surface area (TPSA) is 51.4 Å². The summed E-state index contributed by atoms with van der Waals surface area (Å²) in [6, 6.07) is 8.17. The molecular formula is C15H19N3O. The molecule has 1 aromatic heterocycles. The van der Waals surface area contributed by atoms with Crippen molar-refractivity contribution in [2.45, 2.75) is 6.42 Å². The van der Waals surface area contributed by atoms with Crippen LogP contribution in [0.1, 0.15) is 6.42 Å². The van der Waals surface area contributed by atoms with E-state index in [0.29, 0.717) is 5.92 Å². The van der Waals surface area contributed by atoms with Crippen LogP contribution >= 0.6 is 0 Å². The molecule has 1 atom stereocenters. The molecule has 100 valence electrons. The minimum absolute atomic E-state index is 0.594. The molecule has 1 saturated heterocycles. The lowest BCUT2D eigenvalue weighted by atomic mass is 10.1. The average molecular weight is 257 g/mol. The van der Waals surface area contributed by atoms with Crippen LogP contribution in [0.5, 0.6) is 0 Å². The molecule has 2 heterocycles. The molecule has 1 aliphatic heterocycles. The monoisotopic (exact) mass is 257 g/mol. The molecule has 0 radical (unpaired) electrons. The number of pyridine rings is 1. The van der Waals surface area contributed by atoms with Crippen molar-refractivity contribution in [3.63, 3.8) is 0 Å². The Bertz CT molecular complexity index is 585. The molecular weight excluding hydrogens is 238 g/mol. The number of benzene rings is 1. The minimum Gasteiger partial charge on any atom is -0.396 e. The Morgan fingerprint density at radius 3 is 3.11 bits per heavy atom. The van der Waals surface area contributed by atoms with E-state index in [9.17, 15) is 0 Å². The van der Waals surface area contributed by atoms with Gasteiger partial charge in [-0.1, -0.05) is 18.2 Å². The summed E-state index contributed by atoms with van der Waals surface area (Å²) >= 11 is 0. The zero-order valence-corrected chi connectivity index (χ0v) is 11.2. The molecule has 0 spiro atoms. The van der Waals surface area contributed by atoms with Gasteiger partial charge in [-0.25, -0.2) is 0 Å². The number of para-hydroxylation sites is 1. The van der Waals surface area contributed by atoms with E-state index >= 15 is 0 Å². The average Bonchev–Trinajstić information content (AvgIpc) is 2.87. The zero-order valence-electron chi connectivity index (χ0n) is 11.2. The number of methoxy groups -OCH3 is 1. The molecule has 2 N–H and O–H groups in total. The van der Waals surface area contributed by atoms with Gasteiger partial charge < -0.3 is 15.4 Å². The van der Waals surface area contributed by atoms with Crippen LogP contribution in [0.2, 0.25) is 0 Å². The Morgan fingerprint density at radius 1 is 1.42 bits per heavy atom. The Balaban J connectivity index is 1.98. The standard InChI is InChI=1S/C15H19N3O/c1-19-10-11-6-7-18(9-11)15-12-4-2-3-5-14(12)17-8-13(15)16/h2-5,8,11H,6-7,9-10,16H2,1H3. The third-order valence-corrected chi connectivity index (χ3v) is 3.78. The second kappa shape index (κ2) is 5.05. The fourth-order valence-electron chi connectivity index (χ4n) is 2.90. The Kier molecular flexibility index (Phi) is 3.25. The Labute approximate surface area is 113 Å². The first-order valence-corrected chi connectivity index (χ1v) is 6.66. The number of ether oxygens (including phenoxy) is 1. The lowest BCUT2D eigenvalue weighted by Gasteiger charge is -2.22. The normalized spacial score (nSPS) is 19.2. The summed E-state index contributed by atoms with van der Waals surface area (Å²) in [5, 5.41) is 1.14. The van der Waals surface area contributed by atoms with E-state index in [-0.39, 0.29) is 0 Å². The molecule has 1 fully saturated rings. The predicted molar refractivity (Wildman–Crippen MR) is 78.4 cm³/mol.